The SMILES string of the molecule is COC(=O)COC(=O)/C=C/c1ccc(OC)cc1. The van der Waals surface area contributed by atoms with E-state index in [-0.39, 0.29) is 6.61 Å². The molecule has 0 bridgehead atoms. The molecule has 0 spiro atoms. The fourth-order valence-corrected chi connectivity index (χ4v) is 1.12. The standard InChI is InChI=1S/C13H14O5/c1-16-11-6-3-10(4-7-11)5-8-12(14)18-9-13(15)17-2/h3-8H,9H2,1-2H3/b8-5+. The molecule has 0 amide bonds. The van der Waals surface area contributed by atoms with Crippen molar-refractivity contribution in [2.45, 2.75) is 0 Å². The van der Waals surface area contributed by atoms with Crippen molar-refractivity contribution in [3.8, 4) is 5.75 Å². The molecule has 0 heterocycles. The first kappa shape index (κ1) is 13.8. The van der Waals surface area contributed by atoms with Gasteiger partial charge in [0.2, 0.25) is 0 Å². The maximum absolute atomic E-state index is 11.2. The van der Waals surface area contributed by atoms with Crippen LogP contribution in [0.15, 0.2) is 30.3 Å². The van der Waals surface area contributed by atoms with Crippen LogP contribution in [0.3, 0.4) is 0 Å². The highest BCUT2D eigenvalue weighted by Crippen LogP contribution is 2.12. The molecular formula is C13H14O5. The van der Waals surface area contributed by atoms with Gasteiger partial charge in [-0.3, -0.25) is 0 Å². The molecule has 18 heavy (non-hydrogen) atoms. The van der Waals surface area contributed by atoms with E-state index >= 15 is 0 Å². The van der Waals surface area contributed by atoms with Crippen LogP contribution >= 0.6 is 0 Å². The molecule has 0 N–H and O–H groups in total. The van der Waals surface area contributed by atoms with Crippen LogP contribution < -0.4 is 4.74 Å². The van der Waals surface area contributed by atoms with Gasteiger partial charge >= 0.3 is 11.9 Å². The number of carbonyl (C=O) groups is 2. The molecule has 5 heteroatoms. The number of carbonyl (C=O) groups excluding carboxylic acids is 2. The van der Waals surface area contributed by atoms with Crippen LogP contribution in [0.1, 0.15) is 5.56 Å². The van der Waals surface area contributed by atoms with Crippen molar-refractivity contribution in [3.63, 3.8) is 0 Å². The summed E-state index contributed by atoms with van der Waals surface area (Å²) >= 11 is 0. The molecule has 0 atom stereocenters. The van der Waals surface area contributed by atoms with Crippen LogP contribution in [0.2, 0.25) is 0 Å². The molecule has 0 saturated heterocycles. The lowest BCUT2D eigenvalue weighted by molar-refractivity contribution is -0.154. The second kappa shape index (κ2) is 7.11. The average Bonchev–Trinajstić information content (AvgIpc) is 2.42. The second-order valence-corrected chi connectivity index (χ2v) is 3.29. The maximum atomic E-state index is 11.2. The second-order valence-electron chi connectivity index (χ2n) is 3.29. The predicted molar refractivity (Wildman–Crippen MR) is 65.0 cm³/mol. The van der Waals surface area contributed by atoms with Gasteiger partial charge in [0.15, 0.2) is 6.61 Å². The first-order valence-corrected chi connectivity index (χ1v) is 5.21. The number of esters is 2. The van der Waals surface area contributed by atoms with E-state index in [9.17, 15) is 9.59 Å². The van der Waals surface area contributed by atoms with E-state index in [1.165, 1.54) is 13.2 Å². The van der Waals surface area contributed by atoms with E-state index in [1.54, 1.807) is 37.5 Å². The Bertz CT molecular complexity index is 433. The smallest absolute Gasteiger partial charge is 0.344 e. The molecule has 0 aromatic heterocycles. The zero-order chi connectivity index (χ0) is 13.4. The Balaban J connectivity index is 2.47. The Morgan fingerprint density at radius 3 is 2.39 bits per heavy atom. The first-order chi connectivity index (χ1) is 8.65. The highest BCUT2D eigenvalue weighted by molar-refractivity contribution is 5.88. The molecule has 96 valence electrons. The number of hydrogen-bond acceptors (Lipinski definition) is 5. The summed E-state index contributed by atoms with van der Waals surface area (Å²) in [5.74, 6) is -0.460. The molecule has 0 fully saturated rings. The van der Waals surface area contributed by atoms with Crippen LogP contribution in [0, 0.1) is 0 Å². The molecule has 1 aromatic rings. The lowest BCUT2D eigenvalue weighted by Crippen LogP contribution is -2.13. The molecule has 0 aliphatic carbocycles. The highest BCUT2D eigenvalue weighted by Gasteiger charge is 2.03. The van der Waals surface area contributed by atoms with E-state index in [4.69, 9.17) is 4.74 Å². The van der Waals surface area contributed by atoms with Crippen molar-refractivity contribution in [1.82, 2.24) is 0 Å². The Morgan fingerprint density at radius 2 is 1.83 bits per heavy atom. The summed E-state index contributed by atoms with van der Waals surface area (Å²) in [7, 11) is 2.80. The Kier molecular flexibility index (Phi) is 5.44. The maximum Gasteiger partial charge on any atom is 0.344 e. The number of ether oxygens (including phenoxy) is 3. The van der Waals surface area contributed by atoms with Gasteiger partial charge < -0.3 is 14.2 Å². The van der Waals surface area contributed by atoms with Gasteiger partial charge in [0.1, 0.15) is 5.75 Å². The minimum Gasteiger partial charge on any atom is -0.497 e. The zero-order valence-electron chi connectivity index (χ0n) is 10.2. The van der Waals surface area contributed by atoms with Gasteiger partial charge in [0, 0.05) is 6.08 Å². The summed E-state index contributed by atoms with van der Waals surface area (Å²) in [5.41, 5.74) is 0.825. The molecule has 0 aliphatic heterocycles. The largest absolute Gasteiger partial charge is 0.497 e. The van der Waals surface area contributed by atoms with E-state index in [2.05, 4.69) is 9.47 Å². The third kappa shape index (κ3) is 4.69. The normalized spacial score (nSPS) is 10.1. The summed E-state index contributed by atoms with van der Waals surface area (Å²) in [5, 5.41) is 0. The fourth-order valence-electron chi connectivity index (χ4n) is 1.12. The van der Waals surface area contributed by atoms with Crippen molar-refractivity contribution >= 4 is 18.0 Å². The van der Waals surface area contributed by atoms with Crippen LogP contribution in [0.4, 0.5) is 0 Å². The fraction of sp³-hybridized carbons (Fsp3) is 0.231. The monoisotopic (exact) mass is 250 g/mol. The van der Waals surface area contributed by atoms with Crippen molar-refractivity contribution in [2.75, 3.05) is 20.8 Å². The topological polar surface area (TPSA) is 61.8 Å². The van der Waals surface area contributed by atoms with Crippen molar-refractivity contribution in [2.24, 2.45) is 0 Å². The quantitative estimate of drug-likeness (QED) is 0.584. The average molecular weight is 250 g/mol. The molecule has 1 rings (SSSR count). The van der Waals surface area contributed by atoms with E-state index < -0.39 is 11.9 Å². The molecule has 0 saturated carbocycles. The van der Waals surface area contributed by atoms with Gasteiger partial charge in [0.05, 0.1) is 14.2 Å². The Hall–Kier alpha value is -2.30. The van der Waals surface area contributed by atoms with Gasteiger partial charge in [0.25, 0.3) is 0 Å². The van der Waals surface area contributed by atoms with Crippen LogP contribution in [0.25, 0.3) is 6.08 Å². The summed E-state index contributed by atoms with van der Waals surface area (Å²) in [6, 6.07) is 7.14. The highest BCUT2D eigenvalue weighted by atomic mass is 16.6. The van der Waals surface area contributed by atoms with E-state index in [1.807, 2.05) is 0 Å². The third-order valence-electron chi connectivity index (χ3n) is 2.09. The zero-order valence-corrected chi connectivity index (χ0v) is 10.2. The molecule has 1 aromatic carbocycles. The summed E-state index contributed by atoms with van der Waals surface area (Å²) in [6.45, 7) is -0.387. The number of hydrogen-bond donors (Lipinski definition) is 0. The first-order valence-electron chi connectivity index (χ1n) is 5.21. The van der Waals surface area contributed by atoms with Gasteiger partial charge in [-0.05, 0) is 23.8 Å². The number of methoxy groups -OCH3 is 2. The van der Waals surface area contributed by atoms with E-state index in [0.717, 1.165) is 11.3 Å². The van der Waals surface area contributed by atoms with Crippen molar-refractivity contribution in [1.29, 1.82) is 0 Å². The lowest BCUT2D eigenvalue weighted by atomic mass is 10.2. The Morgan fingerprint density at radius 1 is 1.17 bits per heavy atom. The molecule has 0 unspecified atom stereocenters. The van der Waals surface area contributed by atoms with Gasteiger partial charge in [-0.1, -0.05) is 12.1 Å². The molecule has 0 aliphatic rings. The third-order valence-corrected chi connectivity index (χ3v) is 2.09. The summed E-state index contributed by atoms with van der Waals surface area (Å²) < 4.78 is 14.0. The van der Waals surface area contributed by atoms with Crippen molar-refractivity contribution in [3.05, 3.63) is 35.9 Å². The summed E-state index contributed by atoms with van der Waals surface area (Å²) in [6.07, 6.45) is 2.82. The molecular weight excluding hydrogens is 236 g/mol. The van der Waals surface area contributed by atoms with E-state index in [0.29, 0.717) is 0 Å². The van der Waals surface area contributed by atoms with Crippen LogP contribution in [-0.2, 0) is 19.1 Å². The molecule has 5 nitrogen and oxygen atoms in total. The van der Waals surface area contributed by atoms with Crippen molar-refractivity contribution < 1.29 is 23.8 Å². The van der Waals surface area contributed by atoms with Gasteiger partial charge in [-0.2, -0.15) is 0 Å². The van der Waals surface area contributed by atoms with Crippen LogP contribution in [0.5, 0.6) is 5.75 Å². The molecule has 0 radical (unpaired) electrons. The lowest BCUT2D eigenvalue weighted by Gasteiger charge is -2.00. The summed E-state index contributed by atoms with van der Waals surface area (Å²) in [4.78, 5) is 21.9. The number of rotatable bonds is 5. The Labute approximate surface area is 105 Å². The minimum atomic E-state index is -0.601. The minimum absolute atomic E-state index is 0.387. The number of benzene rings is 1. The van der Waals surface area contributed by atoms with Crippen LogP contribution in [-0.4, -0.2) is 32.8 Å². The predicted octanol–water partition coefficient (Wildman–Crippen LogP) is 1.42. The van der Waals surface area contributed by atoms with Gasteiger partial charge in [-0.25, -0.2) is 9.59 Å². The van der Waals surface area contributed by atoms with Gasteiger partial charge in [-0.15, -0.1) is 0 Å².